The SMILES string of the molecule is Cc1c(NC(=O)NCc2ccccc2CO)cccc1C(F)(F)F. The maximum Gasteiger partial charge on any atom is 0.416 e. The van der Waals surface area contributed by atoms with Gasteiger partial charge in [0.1, 0.15) is 0 Å². The van der Waals surface area contributed by atoms with Gasteiger partial charge in [0.25, 0.3) is 0 Å². The summed E-state index contributed by atoms with van der Waals surface area (Å²) in [6.45, 7) is 1.30. The second kappa shape index (κ2) is 7.35. The number of alkyl halides is 3. The molecule has 128 valence electrons. The van der Waals surface area contributed by atoms with Crippen LogP contribution in [0.1, 0.15) is 22.3 Å². The fraction of sp³-hybridized carbons (Fsp3) is 0.235. The first-order valence-electron chi connectivity index (χ1n) is 7.22. The van der Waals surface area contributed by atoms with Crippen LogP contribution in [0.3, 0.4) is 0 Å². The van der Waals surface area contributed by atoms with Crippen molar-refractivity contribution < 1.29 is 23.1 Å². The number of benzene rings is 2. The normalized spacial score (nSPS) is 11.2. The van der Waals surface area contributed by atoms with Crippen molar-refractivity contribution in [3.05, 3.63) is 64.7 Å². The average molecular weight is 338 g/mol. The van der Waals surface area contributed by atoms with Gasteiger partial charge < -0.3 is 15.7 Å². The maximum absolute atomic E-state index is 12.9. The van der Waals surface area contributed by atoms with Gasteiger partial charge in [-0.05, 0) is 35.7 Å². The summed E-state index contributed by atoms with van der Waals surface area (Å²) in [6, 6.07) is 10.0. The summed E-state index contributed by atoms with van der Waals surface area (Å²) >= 11 is 0. The number of hydrogen-bond donors (Lipinski definition) is 3. The zero-order chi connectivity index (χ0) is 17.7. The van der Waals surface area contributed by atoms with Crippen molar-refractivity contribution in [1.29, 1.82) is 0 Å². The lowest BCUT2D eigenvalue weighted by Gasteiger charge is -2.15. The predicted octanol–water partition coefficient (Wildman–Crippen LogP) is 3.83. The Labute approximate surface area is 137 Å². The second-order valence-electron chi connectivity index (χ2n) is 5.21. The first-order valence-corrected chi connectivity index (χ1v) is 7.22. The van der Waals surface area contributed by atoms with Crippen molar-refractivity contribution in [3.8, 4) is 0 Å². The number of urea groups is 1. The highest BCUT2D eigenvalue weighted by atomic mass is 19.4. The molecule has 2 aromatic rings. The van der Waals surface area contributed by atoms with E-state index in [0.29, 0.717) is 5.56 Å². The van der Waals surface area contributed by atoms with Gasteiger partial charge in [-0.25, -0.2) is 4.79 Å². The molecule has 2 rings (SSSR count). The molecular weight excluding hydrogens is 321 g/mol. The highest BCUT2D eigenvalue weighted by Crippen LogP contribution is 2.34. The van der Waals surface area contributed by atoms with Crippen LogP contribution in [0, 0.1) is 6.92 Å². The van der Waals surface area contributed by atoms with Gasteiger partial charge in [0.2, 0.25) is 0 Å². The predicted molar refractivity (Wildman–Crippen MR) is 84.4 cm³/mol. The van der Waals surface area contributed by atoms with E-state index in [1.807, 2.05) is 0 Å². The Morgan fingerprint density at radius 3 is 2.38 bits per heavy atom. The number of nitrogens with one attached hydrogen (secondary N) is 2. The summed E-state index contributed by atoms with van der Waals surface area (Å²) in [6.07, 6.45) is -4.47. The molecule has 0 aliphatic rings. The molecule has 0 saturated heterocycles. The highest BCUT2D eigenvalue weighted by Gasteiger charge is 2.33. The molecular formula is C17H17F3N2O2. The van der Waals surface area contributed by atoms with E-state index in [1.165, 1.54) is 19.1 Å². The smallest absolute Gasteiger partial charge is 0.392 e. The van der Waals surface area contributed by atoms with E-state index >= 15 is 0 Å². The molecule has 3 N–H and O–H groups in total. The minimum absolute atomic E-state index is 0.0455. The first-order chi connectivity index (χ1) is 11.3. The van der Waals surface area contributed by atoms with Crippen LogP contribution >= 0.6 is 0 Å². The number of carbonyl (C=O) groups excluding carboxylic acids is 1. The number of rotatable bonds is 4. The Kier molecular flexibility index (Phi) is 5.46. The first kappa shape index (κ1) is 17.8. The molecule has 0 fully saturated rings. The van der Waals surface area contributed by atoms with E-state index in [0.717, 1.165) is 11.6 Å². The number of amides is 2. The molecule has 24 heavy (non-hydrogen) atoms. The zero-order valence-electron chi connectivity index (χ0n) is 12.9. The van der Waals surface area contributed by atoms with Crippen LogP contribution in [-0.2, 0) is 19.3 Å². The lowest BCUT2D eigenvalue weighted by molar-refractivity contribution is -0.138. The third-order valence-corrected chi connectivity index (χ3v) is 3.62. The van der Waals surface area contributed by atoms with Gasteiger partial charge in [-0.1, -0.05) is 30.3 Å². The van der Waals surface area contributed by atoms with Gasteiger partial charge in [0, 0.05) is 12.2 Å². The number of anilines is 1. The molecule has 0 spiro atoms. The number of hydrogen-bond acceptors (Lipinski definition) is 2. The molecule has 0 aliphatic carbocycles. The van der Waals surface area contributed by atoms with Crippen LogP contribution in [0.2, 0.25) is 0 Å². The molecule has 0 saturated carbocycles. The molecule has 0 unspecified atom stereocenters. The summed E-state index contributed by atoms with van der Waals surface area (Å²) in [5.74, 6) is 0. The molecule has 0 aromatic heterocycles. The monoisotopic (exact) mass is 338 g/mol. The lowest BCUT2D eigenvalue weighted by atomic mass is 10.1. The second-order valence-corrected chi connectivity index (χ2v) is 5.21. The van der Waals surface area contributed by atoms with Gasteiger partial charge in [-0.3, -0.25) is 0 Å². The third kappa shape index (κ3) is 4.26. The fourth-order valence-electron chi connectivity index (χ4n) is 2.30. The Morgan fingerprint density at radius 1 is 1.08 bits per heavy atom. The van der Waals surface area contributed by atoms with E-state index in [4.69, 9.17) is 0 Å². The molecule has 2 amide bonds. The van der Waals surface area contributed by atoms with Gasteiger partial charge in [-0.2, -0.15) is 13.2 Å². The van der Waals surface area contributed by atoms with E-state index < -0.39 is 17.8 Å². The van der Waals surface area contributed by atoms with Crippen molar-refractivity contribution in [2.45, 2.75) is 26.3 Å². The molecule has 4 nitrogen and oxygen atoms in total. The maximum atomic E-state index is 12.9. The van der Waals surface area contributed by atoms with Crippen molar-refractivity contribution in [2.75, 3.05) is 5.32 Å². The molecule has 0 heterocycles. The summed E-state index contributed by atoms with van der Waals surface area (Å²) in [5, 5.41) is 14.2. The summed E-state index contributed by atoms with van der Waals surface area (Å²) in [7, 11) is 0. The van der Waals surface area contributed by atoms with Crippen LogP contribution in [0.5, 0.6) is 0 Å². The fourth-order valence-corrected chi connectivity index (χ4v) is 2.30. The number of halogens is 3. The quantitative estimate of drug-likeness (QED) is 0.793. The molecule has 2 aromatic carbocycles. The van der Waals surface area contributed by atoms with Crippen LogP contribution in [0.4, 0.5) is 23.7 Å². The van der Waals surface area contributed by atoms with Crippen LogP contribution < -0.4 is 10.6 Å². The molecule has 7 heteroatoms. The van der Waals surface area contributed by atoms with Crippen molar-refractivity contribution >= 4 is 11.7 Å². The van der Waals surface area contributed by atoms with Gasteiger partial charge in [0.15, 0.2) is 0 Å². The highest BCUT2D eigenvalue weighted by molar-refractivity contribution is 5.90. The molecule has 0 atom stereocenters. The average Bonchev–Trinajstić information content (AvgIpc) is 2.54. The van der Waals surface area contributed by atoms with Crippen LogP contribution in [0.15, 0.2) is 42.5 Å². The number of aliphatic hydroxyl groups is 1. The van der Waals surface area contributed by atoms with Crippen LogP contribution in [0.25, 0.3) is 0 Å². The Hall–Kier alpha value is -2.54. The number of carbonyl (C=O) groups is 1. The minimum atomic E-state index is -4.47. The van der Waals surface area contributed by atoms with E-state index in [1.54, 1.807) is 24.3 Å². The standard InChI is InChI=1S/C17H17F3N2O2/c1-11-14(17(18,19)20)7-4-8-15(11)22-16(24)21-9-12-5-2-3-6-13(12)10-23/h2-8,23H,9-10H2,1H3,(H2,21,22,24). The number of aliphatic hydroxyl groups excluding tert-OH is 1. The van der Waals surface area contributed by atoms with Crippen LogP contribution in [-0.4, -0.2) is 11.1 Å². The van der Waals surface area contributed by atoms with E-state index in [-0.39, 0.29) is 24.4 Å². The van der Waals surface area contributed by atoms with Gasteiger partial charge in [-0.15, -0.1) is 0 Å². The summed E-state index contributed by atoms with van der Waals surface area (Å²) in [4.78, 5) is 11.9. The van der Waals surface area contributed by atoms with Gasteiger partial charge in [0.05, 0.1) is 12.2 Å². The Morgan fingerprint density at radius 2 is 1.75 bits per heavy atom. The summed E-state index contributed by atoms with van der Waals surface area (Å²) < 4.78 is 38.6. The zero-order valence-corrected chi connectivity index (χ0v) is 12.9. The Bertz CT molecular complexity index is 730. The minimum Gasteiger partial charge on any atom is -0.392 e. The Balaban J connectivity index is 2.05. The van der Waals surface area contributed by atoms with Crippen molar-refractivity contribution in [2.24, 2.45) is 0 Å². The lowest BCUT2D eigenvalue weighted by Crippen LogP contribution is -2.29. The largest absolute Gasteiger partial charge is 0.416 e. The van der Waals surface area contributed by atoms with Gasteiger partial charge >= 0.3 is 12.2 Å². The van der Waals surface area contributed by atoms with Crippen molar-refractivity contribution in [1.82, 2.24) is 5.32 Å². The van der Waals surface area contributed by atoms with E-state index in [2.05, 4.69) is 10.6 Å². The topological polar surface area (TPSA) is 61.4 Å². The van der Waals surface area contributed by atoms with Crippen molar-refractivity contribution in [3.63, 3.8) is 0 Å². The van der Waals surface area contributed by atoms with E-state index in [9.17, 15) is 23.1 Å². The summed E-state index contributed by atoms with van der Waals surface area (Å²) in [5.41, 5.74) is 0.670. The molecule has 0 radical (unpaired) electrons. The molecule has 0 bridgehead atoms. The third-order valence-electron chi connectivity index (χ3n) is 3.62. The molecule has 0 aliphatic heterocycles.